The van der Waals surface area contributed by atoms with Crippen molar-refractivity contribution >= 4 is 53.7 Å². The van der Waals surface area contributed by atoms with E-state index in [9.17, 15) is 48.5 Å². The number of esters is 2. The van der Waals surface area contributed by atoms with Gasteiger partial charge in [-0.3, -0.25) is 24.0 Å². The summed E-state index contributed by atoms with van der Waals surface area (Å²) in [4.78, 5) is 122. The fourth-order valence-corrected chi connectivity index (χ4v) is 6.72. The van der Waals surface area contributed by atoms with Crippen molar-refractivity contribution in [3.63, 3.8) is 0 Å². The summed E-state index contributed by atoms with van der Waals surface area (Å²) in [6.07, 6.45) is -1.84. The molecular formula is C51H70N10O14. The second kappa shape index (κ2) is 31.3. The number of hydrogen-bond donors (Lipinski definition) is 8. The second-order valence-electron chi connectivity index (χ2n) is 19.0. The molecule has 0 fully saturated rings. The van der Waals surface area contributed by atoms with Crippen molar-refractivity contribution in [2.75, 3.05) is 19.6 Å². The van der Waals surface area contributed by atoms with E-state index in [1.807, 2.05) is 18.2 Å². The number of nitrogens with one attached hydrogen (secondary N) is 7. The third-order valence-electron chi connectivity index (χ3n) is 10.2. The molecule has 0 aliphatic rings. The molecule has 3 rings (SSSR count). The molecule has 0 unspecified atom stereocenters. The SMILES string of the molecule is CC(C)(C)OC(=O)N[C@@H](CCCCNC(=O)OCc1ccccc1)C(=O)N[C@@H](CCCN=C(N)N[N+](=O)[O-])C(=O)NCC(=O)N[C@@H](CC(=O)OCc1ccccc1)C(=O)N[C@H](Cc1ccccc1)C(=O)OC(C)(C)C. The Morgan fingerprint density at radius 1 is 0.600 bits per heavy atom. The molecule has 0 spiro atoms. The van der Waals surface area contributed by atoms with Gasteiger partial charge in [-0.25, -0.2) is 29.5 Å². The second-order valence-corrected chi connectivity index (χ2v) is 19.0. The summed E-state index contributed by atoms with van der Waals surface area (Å²) in [5.74, 6) is -5.85. The first-order valence-corrected chi connectivity index (χ1v) is 24.3. The largest absolute Gasteiger partial charge is 0.461 e. The number of hydrogen-bond acceptors (Lipinski definition) is 15. The maximum Gasteiger partial charge on any atom is 0.408 e. The highest BCUT2D eigenvalue weighted by Gasteiger charge is 2.33. The lowest BCUT2D eigenvalue weighted by atomic mass is 10.0. The number of hydrazine groups is 1. The number of aliphatic imine (C=N–C) groups is 1. The number of amides is 6. The van der Waals surface area contributed by atoms with Crippen molar-refractivity contribution in [3.8, 4) is 0 Å². The molecule has 0 aliphatic carbocycles. The van der Waals surface area contributed by atoms with Crippen LogP contribution in [0.25, 0.3) is 0 Å². The number of nitro groups is 1. The highest BCUT2D eigenvalue weighted by atomic mass is 16.7. The Bertz CT molecular complexity index is 2380. The average Bonchev–Trinajstić information content (AvgIpc) is 3.34. The zero-order chi connectivity index (χ0) is 55.4. The first-order valence-electron chi connectivity index (χ1n) is 24.3. The average molecular weight is 1050 g/mol. The molecule has 0 aromatic heterocycles. The monoisotopic (exact) mass is 1050 g/mol. The van der Waals surface area contributed by atoms with Crippen LogP contribution >= 0.6 is 0 Å². The van der Waals surface area contributed by atoms with Gasteiger partial charge in [0.15, 0.2) is 5.03 Å². The Morgan fingerprint density at radius 3 is 1.69 bits per heavy atom. The van der Waals surface area contributed by atoms with Crippen LogP contribution in [0.4, 0.5) is 9.59 Å². The fourth-order valence-electron chi connectivity index (χ4n) is 6.72. The van der Waals surface area contributed by atoms with Crippen molar-refractivity contribution in [2.45, 2.75) is 135 Å². The van der Waals surface area contributed by atoms with Gasteiger partial charge in [-0.2, -0.15) is 0 Å². The number of alkyl carbamates (subject to hydrolysis) is 2. The number of unbranched alkanes of at least 4 members (excludes halogenated alkanes) is 1. The van der Waals surface area contributed by atoms with Crippen LogP contribution in [0.2, 0.25) is 0 Å². The van der Waals surface area contributed by atoms with Crippen molar-refractivity contribution in [2.24, 2.45) is 10.7 Å². The van der Waals surface area contributed by atoms with Gasteiger partial charge in [-0.05, 0) is 90.3 Å². The van der Waals surface area contributed by atoms with E-state index in [0.29, 0.717) is 17.5 Å². The molecule has 75 heavy (non-hydrogen) atoms. The Labute approximate surface area is 435 Å². The zero-order valence-corrected chi connectivity index (χ0v) is 43.1. The van der Waals surface area contributed by atoms with Crippen LogP contribution in [0.1, 0.15) is 96.8 Å². The molecule has 0 radical (unpaired) electrons. The van der Waals surface area contributed by atoms with Gasteiger partial charge >= 0.3 is 24.1 Å². The quantitative estimate of drug-likeness (QED) is 0.00985. The van der Waals surface area contributed by atoms with E-state index in [0.717, 1.165) is 5.56 Å². The van der Waals surface area contributed by atoms with Gasteiger partial charge in [0.05, 0.1) is 13.0 Å². The summed E-state index contributed by atoms with van der Waals surface area (Å²) in [5, 5.41) is 25.1. The summed E-state index contributed by atoms with van der Waals surface area (Å²) in [7, 11) is 0. The van der Waals surface area contributed by atoms with Crippen LogP contribution in [0, 0.1) is 10.1 Å². The van der Waals surface area contributed by atoms with Gasteiger partial charge < -0.3 is 56.6 Å². The van der Waals surface area contributed by atoms with Crippen LogP contribution < -0.4 is 43.1 Å². The Kier molecular flexibility index (Phi) is 25.5. The van der Waals surface area contributed by atoms with Crippen molar-refractivity contribution in [1.29, 1.82) is 0 Å². The minimum atomic E-state index is -1.64. The number of nitrogens with two attached hydrogens (primary N) is 1. The van der Waals surface area contributed by atoms with Gasteiger partial charge in [0.2, 0.25) is 23.6 Å². The molecule has 9 N–H and O–H groups in total. The van der Waals surface area contributed by atoms with E-state index >= 15 is 0 Å². The predicted molar refractivity (Wildman–Crippen MR) is 273 cm³/mol. The molecule has 4 atom stereocenters. The number of benzene rings is 3. The van der Waals surface area contributed by atoms with Gasteiger partial charge in [-0.15, -0.1) is 0 Å². The van der Waals surface area contributed by atoms with Gasteiger partial charge in [0.1, 0.15) is 48.6 Å². The number of rotatable bonds is 28. The molecule has 24 heteroatoms. The lowest BCUT2D eigenvalue weighted by Crippen LogP contribution is -2.56. The normalized spacial score (nSPS) is 13.0. The maximum atomic E-state index is 14.0. The lowest BCUT2D eigenvalue weighted by molar-refractivity contribution is -0.525. The number of nitrogens with zero attached hydrogens (tertiary/aromatic N) is 2. The Balaban J connectivity index is 1.80. The predicted octanol–water partition coefficient (Wildman–Crippen LogP) is 3.14. The van der Waals surface area contributed by atoms with Gasteiger partial charge in [-0.1, -0.05) is 96.4 Å². The molecule has 3 aromatic rings. The molecule has 0 heterocycles. The molecular weight excluding hydrogens is 977 g/mol. The number of carbonyl (C=O) groups excluding carboxylic acids is 8. The van der Waals surface area contributed by atoms with E-state index in [1.165, 1.54) is 0 Å². The molecule has 24 nitrogen and oxygen atoms in total. The van der Waals surface area contributed by atoms with E-state index in [1.54, 1.807) is 120 Å². The van der Waals surface area contributed by atoms with Gasteiger partial charge in [0.25, 0.3) is 5.96 Å². The topological polar surface area (TPSA) is 339 Å². The Morgan fingerprint density at radius 2 is 1.12 bits per heavy atom. The molecule has 0 aliphatic heterocycles. The number of ether oxygens (including phenoxy) is 4. The number of carbonyl (C=O) groups is 8. The van der Waals surface area contributed by atoms with Crippen LogP contribution in [0.15, 0.2) is 96.0 Å². The van der Waals surface area contributed by atoms with Crippen molar-refractivity contribution < 1.29 is 62.3 Å². The summed E-state index contributed by atoms with van der Waals surface area (Å²) in [6, 6.07) is 20.9. The minimum absolute atomic E-state index is 0.00726. The summed E-state index contributed by atoms with van der Waals surface area (Å²) >= 11 is 0. The summed E-state index contributed by atoms with van der Waals surface area (Å²) in [5.41, 5.74) is 7.46. The maximum absolute atomic E-state index is 14.0. The van der Waals surface area contributed by atoms with Crippen LogP contribution in [0.3, 0.4) is 0 Å². The fraction of sp³-hybridized carbons (Fsp3) is 0.471. The smallest absolute Gasteiger partial charge is 0.408 e. The molecule has 0 bridgehead atoms. The minimum Gasteiger partial charge on any atom is -0.461 e. The third kappa shape index (κ3) is 26.8. The van der Waals surface area contributed by atoms with Crippen molar-refractivity contribution in [3.05, 3.63) is 118 Å². The lowest BCUT2D eigenvalue weighted by Gasteiger charge is -2.26. The highest BCUT2D eigenvalue weighted by molar-refractivity contribution is 5.96. The van der Waals surface area contributed by atoms with Crippen molar-refractivity contribution in [1.82, 2.24) is 37.3 Å². The summed E-state index contributed by atoms with van der Waals surface area (Å²) < 4.78 is 21.6. The Hall–Kier alpha value is -8.31. The standard InChI is InChI=1S/C51H70N10O14/c1-50(2,3)74-46(67)40(29-34-19-10-7-11-20-34)58-45(66)39(30-42(63)72-32-35-21-12-8-13-22-35)56-41(62)31-55-43(64)37(26-18-28-53-47(52)60-61(70)71)57-44(65)38(59-49(69)75-51(4,5)6)25-16-17-27-54-48(68)73-33-36-23-14-9-15-24-36/h7-15,19-24,37-40H,16-18,25-33H2,1-6H3,(H,54,68)(H,55,64)(H,56,62)(H,57,65)(H,58,66)(H,59,69)(H3,52,53,60)/t37-,38-,39-,40+/m0/s1. The van der Waals surface area contributed by atoms with E-state index < -0.39 is 107 Å². The van der Waals surface area contributed by atoms with Crippen LogP contribution in [-0.4, -0.2) is 114 Å². The van der Waals surface area contributed by atoms with E-state index in [-0.39, 0.29) is 58.4 Å². The first-order chi connectivity index (χ1) is 35.5. The first kappa shape index (κ1) is 61.0. The molecule has 408 valence electrons. The molecule has 3 aromatic carbocycles. The molecule has 0 saturated carbocycles. The van der Waals surface area contributed by atoms with E-state index in [2.05, 4.69) is 36.9 Å². The number of guanidine groups is 1. The highest BCUT2D eigenvalue weighted by Crippen LogP contribution is 2.14. The van der Waals surface area contributed by atoms with E-state index in [4.69, 9.17) is 24.7 Å². The van der Waals surface area contributed by atoms with Gasteiger partial charge in [0, 0.05) is 19.5 Å². The van der Waals surface area contributed by atoms with Crippen LogP contribution in [0.5, 0.6) is 0 Å². The molecule has 0 saturated heterocycles. The zero-order valence-electron chi connectivity index (χ0n) is 43.1. The molecule has 6 amide bonds. The summed E-state index contributed by atoms with van der Waals surface area (Å²) in [6.45, 7) is 8.93. The third-order valence-corrected chi connectivity index (χ3v) is 10.2. The van der Waals surface area contributed by atoms with Crippen LogP contribution in [-0.2, 0) is 67.3 Å².